The number of aromatic nitrogens is 1. The zero-order chi connectivity index (χ0) is 14.1. The fourth-order valence-electron chi connectivity index (χ4n) is 2.28. The van der Waals surface area contributed by atoms with Crippen LogP contribution in [0.25, 0.3) is 10.9 Å². The molecule has 0 atom stereocenters. The Kier molecular flexibility index (Phi) is 3.51. The van der Waals surface area contributed by atoms with E-state index in [2.05, 4.69) is 4.57 Å². The Morgan fingerprint density at radius 2 is 1.90 bits per heavy atom. The molecule has 2 aromatic carbocycles. The molecule has 0 fully saturated rings. The van der Waals surface area contributed by atoms with E-state index in [1.54, 1.807) is 12.1 Å². The highest BCUT2D eigenvalue weighted by Gasteiger charge is 2.06. The van der Waals surface area contributed by atoms with E-state index in [0.717, 1.165) is 22.8 Å². The molecule has 0 aliphatic carbocycles. The second kappa shape index (κ2) is 5.31. The first-order valence-electron chi connectivity index (χ1n) is 6.15. The van der Waals surface area contributed by atoms with Gasteiger partial charge in [0.05, 0.1) is 0 Å². The summed E-state index contributed by atoms with van der Waals surface area (Å²) >= 11 is 12.2. The van der Waals surface area contributed by atoms with Gasteiger partial charge in [-0.15, -0.1) is 0 Å². The minimum atomic E-state index is 0.642. The Balaban J connectivity index is 2.02. The molecule has 0 saturated carbocycles. The number of halogens is 2. The summed E-state index contributed by atoms with van der Waals surface area (Å²) < 4.78 is 2.08. The number of nitrogens with zero attached hydrogens (tertiary/aromatic N) is 1. The summed E-state index contributed by atoms with van der Waals surface area (Å²) in [6, 6.07) is 13.1. The largest absolute Gasteiger partial charge is 0.343 e. The molecule has 100 valence electrons. The molecule has 0 radical (unpaired) electrons. The number of hydrogen-bond acceptors (Lipinski definition) is 1. The molecule has 0 amide bonds. The van der Waals surface area contributed by atoms with Crippen LogP contribution in [0.2, 0.25) is 10.0 Å². The quantitative estimate of drug-likeness (QED) is 0.636. The maximum absolute atomic E-state index is 10.8. The van der Waals surface area contributed by atoms with Crippen molar-refractivity contribution in [3.05, 3.63) is 69.8 Å². The average molecular weight is 304 g/mol. The molecular weight excluding hydrogens is 293 g/mol. The van der Waals surface area contributed by atoms with E-state index in [-0.39, 0.29) is 0 Å². The molecule has 2 nitrogen and oxygen atoms in total. The van der Waals surface area contributed by atoms with Gasteiger partial charge in [0.25, 0.3) is 0 Å². The highest BCUT2D eigenvalue weighted by Crippen LogP contribution is 2.24. The first-order chi connectivity index (χ1) is 9.67. The highest BCUT2D eigenvalue weighted by molar-refractivity contribution is 6.33. The molecule has 1 aromatic heterocycles. The number of rotatable bonds is 3. The van der Waals surface area contributed by atoms with Crippen LogP contribution in [0.1, 0.15) is 15.9 Å². The molecule has 0 unspecified atom stereocenters. The van der Waals surface area contributed by atoms with Crippen LogP contribution >= 0.6 is 23.2 Å². The summed E-state index contributed by atoms with van der Waals surface area (Å²) in [7, 11) is 0. The third-order valence-electron chi connectivity index (χ3n) is 3.28. The van der Waals surface area contributed by atoms with Crippen molar-refractivity contribution in [2.45, 2.75) is 6.54 Å². The third kappa shape index (κ3) is 2.45. The van der Waals surface area contributed by atoms with Gasteiger partial charge in [0.1, 0.15) is 6.29 Å². The second-order valence-corrected chi connectivity index (χ2v) is 5.46. The van der Waals surface area contributed by atoms with Crippen molar-refractivity contribution in [3.8, 4) is 0 Å². The van der Waals surface area contributed by atoms with Gasteiger partial charge in [-0.25, -0.2) is 0 Å². The highest BCUT2D eigenvalue weighted by atomic mass is 35.5. The minimum Gasteiger partial charge on any atom is -0.343 e. The molecule has 0 aliphatic heterocycles. The molecule has 0 bridgehead atoms. The average Bonchev–Trinajstić information content (AvgIpc) is 2.85. The molecule has 1 heterocycles. The van der Waals surface area contributed by atoms with Crippen LogP contribution in [0.15, 0.2) is 48.7 Å². The summed E-state index contributed by atoms with van der Waals surface area (Å²) in [4.78, 5) is 10.8. The van der Waals surface area contributed by atoms with Gasteiger partial charge in [-0.2, -0.15) is 0 Å². The smallest absolute Gasteiger partial charge is 0.150 e. The minimum absolute atomic E-state index is 0.642. The number of carbonyl (C=O) groups excluding carboxylic acids is 1. The van der Waals surface area contributed by atoms with E-state index in [0.29, 0.717) is 22.2 Å². The monoisotopic (exact) mass is 303 g/mol. The second-order valence-electron chi connectivity index (χ2n) is 4.62. The summed E-state index contributed by atoms with van der Waals surface area (Å²) in [6.07, 6.45) is 2.83. The number of benzene rings is 2. The van der Waals surface area contributed by atoms with Crippen molar-refractivity contribution in [2.75, 3.05) is 0 Å². The molecule has 20 heavy (non-hydrogen) atoms. The predicted octanol–water partition coefficient (Wildman–Crippen LogP) is 4.81. The van der Waals surface area contributed by atoms with Crippen LogP contribution in [0.5, 0.6) is 0 Å². The molecule has 0 aliphatic rings. The van der Waals surface area contributed by atoms with Crippen molar-refractivity contribution in [2.24, 2.45) is 0 Å². The summed E-state index contributed by atoms with van der Waals surface area (Å²) in [5, 5.41) is 2.40. The van der Waals surface area contributed by atoms with Crippen LogP contribution in [0, 0.1) is 0 Å². The van der Waals surface area contributed by atoms with Crippen molar-refractivity contribution < 1.29 is 4.79 Å². The third-order valence-corrected chi connectivity index (χ3v) is 3.88. The van der Waals surface area contributed by atoms with Crippen molar-refractivity contribution in [1.29, 1.82) is 0 Å². The van der Waals surface area contributed by atoms with Crippen LogP contribution in [-0.4, -0.2) is 10.9 Å². The van der Waals surface area contributed by atoms with E-state index in [1.165, 1.54) is 0 Å². The Morgan fingerprint density at radius 1 is 1.05 bits per heavy atom. The normalized spacial score (nSPS) is 10.9. The van der Waals surface area contributed by atoms with Gasteiger partial charge in [-0.05, 0) is 48.0 Å². The molecule has 0 saturated heterocycles. The van der Waals surface area contributed by atoms with Gasteiger partial charge in [0, 0.05) is 39.3 Å². The van der Waals surface area contributed by atoms with E-state index in [1.807, 2.05) is 36.5 Å². The standard InChI is InChI=1S/C16H11Cl2NO/c17-14-2-3-15(18)13(8-14)9-19-6-5-12-7-11(10-20)1-4-16(12)19/h1-8,10H,9H2. The number of hydrogen-bond donors (Lipinski definition) is 0. The first kappa shape index (κ1) is 13.2. The van der Waals surface area contributed by atoms with E-state index in [9.17, 15) is 4.79 Å². The molecule has 0 N–H and O–H groups in total. The molecule has 3 aromatic rings. The lowest BCUT2D eigenvalue weighted by Crippen LogP contribution is -1.98. The summed E-state index contributed by atoms with van der Waals surface area (Å²) in [6.45, 7) is 0.642. The molecule has 3 rings (SSSR count). The van der Waals surface area contributed by atoms with Gasteiger partial charge < -0.3 is 4.57 Å². The topological polar surface area (TPSA) is 22.0 Å². The fourth-order valence-corrected chi connectivity index (χ4v) is 2.65. The van der Waals surface area contributed by atoms with Crippen LogP contribution < -0.4 is 0 Å². The Hall–Kier alpha value is -1.77. The number of aldehydes is 1. The Bertz CT molecular complexity index is 792. The van der Waals surface area contributed by atoms with Crippen LogP contribution in [0.3, 0.4) is 0 Å². The molecular formula is C16H11Cl2NO. The SMILES string of the molecule is O=Cc1ccc2c(ccn2Cc2cc(Cl)ccc2Cl)c1. The van der Waals surface area contributed by atoms with Gasteiger partial charge in [0.15, 0.2) is 0 Å². The van der Waals surface area contributed by atoms with Gasteiger partial charge in [0.2, 0.25) is 0 Å². The van der Waals surface area contributed by atoms with Crippen molar-refractivity contribution in [1.82, 2.24) is 4.57 Å². The van der Waals surface area contributed by atoms with E-state index in [4.69, 9.17) is 23.2 Å². The van der Waals surface area contributed by atoms with E-state index >= 15 is 0 Å². The maximum atomic E-state index is 10.8. The molecule has 4 heteroatoms. The number of carbonyl (C=O) groups is 1. The number of fused-ring (bicyclic) bond motifs is 1. The van der Waals surface area contributed by atoms with Crippen molar-refractivity contribution in [3.63, 3.8) is 0 Å². The van der Waals surface area contributed by atoms with Crippen LogP contribution in [-0.2, 0) is 6.54 Å². The van der Waals surface area contributed by atoms with Gasteiger partial charge in [-0.1, -0.05) is 23.2 Å². The Morgan fingerprint density at radius 3 is 2.70 bits per heavy atom. The van der Waals surface area contributed by atoms with Gasteiger partial charge >= 0.3 is 0 Å². The zero-order valence-corrected chi connectivity index (χ0v) is 12.0. The van der Waals surface area contributed by atoms with Gasteiger partial charge in [-0.3, -0.25) is 4.79 Å². The lowest BCUT2D eigenvalue weighted by Gasteiger charge is -2.08. The predicted molar refractivity (Wildman–Crippen MR) is 82.9 cm³/mol. The zero-order valence-electron chi connectivity index (χ0n) is 10.5. The lowest BCUT2D eigenvalue weighted by atomic mass is 10.2. The Labute approximate surface area is 126 Å². The maximum Gasteiger partial charge on any atom is 0.150 e. The summed E-state index contributed by atoms with van der Waals surface area (Å²) in [5.74, 6) is 0. The fraction of sp³-hybridized carbons (Fsp3) is 0.0625. The lowest BCUT2D eigenvalue weighted by molar-refractivity contribution is 0.112. The first-order valence-corrected chi connectivity index (χ1v) is 6.91. The van der Waals surface area contributed by atoms with Crippen LogP contribution in [0.4, 0.5) is 0 Å². The molecule has 0 spiro atoms. The summed E-state index contributed by atoms with van der Waals surface area (Å²) in [5.41, 5.74) is 2.71. The van der Waals surface area contributed by atoms with Crippen molar-refractivity contribution >= 4 is 40.4 Å². The van der Waals surface area contributed by atoms with E-state index < -0.39 is 0 Å².